The maximum Gasteiger partial charge on any atom is 0.315 e. The third-order valence-corrected chi connectivity index (χ3v) is 9.99. The average Bonchev–Trinajstić information content (AvgIpc) is 4.03. The molecule has 2 amide bonds. The molecule has 3 aromatic heterocycles. The topological polar surface area (TPSA) is 234 Å². The fourth-order valence-corrected chi connectivity index (χ4v) is 7.15. The van der Waals surface area contributed by atoms with E-state index in [9.17, 15) is 25.2 Å². The van der Waals surface area contributed by atoms with Gasteiger partial charge in [-0.1, -0.05) is 72.8 Å². The van der Waals surface area contributed by atoms with Gasteiger partial charge in [0.15, 0.2) is 29.3 Å². The number of phenols is 1. The van der Waals surface area contributed by atoms with Crippen LogP contribution in [0.25, 0.3) is 11.2 Å². The molecule has 18 nitrogen and oxygen atoms in total. The Balaban J connectivity index is 1.07. The first-order chi connectivity index (χ1) is 27.3. The molecule has 2 saturated heterocycles. The zero-order valence-corrected chi connectivity index (χ0v) is 30.2. The molecule has 7 N–H and O–H groups in total. The van der Waals surface area contributed by atoms with Crippen molar-refractivity contribution in [3.05, 3.63) is 114 Å². The summed E-state index contributed by atoms with van der Waals surface area (Å²) < 4.78 is 7.74. The third kappa shape index (κ3) is 7.80. The minimum absolute atomic E-state index is 0.0330. The summed E-state index contributed by atoms with van der Waals surface area (Å²) >= 11 is 0. The number of anilines is 2. The Morgan fingerprint density at radius 3 is 2.46 bits per heavy atom. The number of hydrogen-bond donors (Lipinski definition) is 7. The van der Waals surface area contributed by atoms with Crippen molar-refractivity contribution in [3.63, 3.8) is 0 Å². The molecule has 290 valence electrons. The van der Waals surface area contributed by atoms with Gasteiger partial charge in [-0.05, 0) is 40.5 Å². The highest BCUT2D eigenvalue weighted by Crippen LogP contribution is 2.39. The van der Waals surface area contributed by atoms with Crippen LogP contribution < -0.4 is 20.9 Å². The number of amides is 2. The number of aliphatic hydroxyl groups is 3. The number of aliphatic hydroxyl groups excluding tert-OH is 3. The van der Waals surface area contributed by atoms with Gasteiger partial charge in [0, 0.05) is 38.1 Å². The Hall–Kier alpha value is -6.21. The number of hydrogen-bond acceptors (Lipinski definition) is 14. The maximum atomic E-state index is 12.9. The second-order valence-corrected chi connectivity index (χ2v) is 13.8. The quantitative estimate of drug-likeness (QED) is 0.0890. The van der Waals surface area contributed by atoms with Gasteiger partial charge in [0.1, 0.15) is 18.0 Å². The van der Waals surface area contributed by atoms with Crippen molar-refractivity contribution >= 4 is 29.0 Å². The molecule has 8 rings (SSSR count). The molecule has 0 aliphatic carbocycles. The number of aromatic nitrogens is 8. The summed E-state index contributed by atoms with van der Waals surface area (Å²) in [6.07, 6.45) is -2.91. The molecule has 0 saturated carbocycles. The predicted molar refractivity (Wildman–Crippen MR) is 202 cm³/mol. The van der Waals surface area contributed by atoms with Gasteiger partial charge in [-0.15, -0.1) is 10.2 Å². The number of imidazole rings is 1. The van der Waals surface area contributed by atoms with E-state index in [1.165, 1.54) is 11.1 Å². The first-order valence-electron chi connectivity index (χ1n) is 18.4. The number of carbonyl (C=O) groups is 1. The minimum atomic E-state index is -1.41. The molecule has 2 fully saturated rings. The van der Waals surface area contributed by atoms with Gasteiger partial charge < -0.3 is 46.0 Å². The first kappa shape index (κ1) is 36.8. The van der Waals surface area contributed by atoms with Crippen LogP contribution >= 0.6 is 0 Å². The van der Waals surface area contributed by atoms with Crippen LogP contribution in [0.1, 0.15) is 47.2 Å². The maximum absolute atomic E-state index is 12.9. The fourth-order valence-electron chi connectivity index (χ4n) is 7.15. The van der Waals surface area contributed by atoms with E-state index in [2.05, 4.69) is 60.6 Å². The second-order valence-electron chi connectivity index (χ2n) is 13.8. The second kappa shape index (κ2) is 16.3. The number of aromatic hydroxyl groups is 1. The molecule has 5 atom stereocenters. The molecule has 3 aromatic carbocycles. The minimum Gasteiger partial charge on any atom is -0.508 e. The van der Waals surface area contributed by atoms with E-state index in [-0.39, 0.29) is 49.3 Å². The summed E-state index contributed by atoms with van der Waals surface area (Å²) in [5.41, 5.74) is 3.78. The zero-order valence-electron chi connectivity index (χ0n) is 30.2. The summed E-state index contributed by atoms with van der Waals surface area (Å²) in [4.78, 5) is 30.6. The summed E-state index contributed by atoms with van der Waals surface area (Å²) in [6, 6.07) is 26.5. The Labute approximate surface area is 320 Å². The molecule has 2 aliphatic heterocycles. The van der Waals surface area contributed by atoms with Gasteiger partial charge in [-0.25, -0.2) is 9.78 Å². The first-order valence-corrected chi connectivity index (χ1v) is 18.4. The number of fused-ring (bicyclic) bond motifs is 1. The van der Waals surface area contributed by atoms with E-state index in [1.54, 1.807) is 22.8 Å². The van der Waals surface area contributed by atoms with Gasteiger partial charge in [0.2, 0.25) is 11.8 Å². The van der Waals surface area contributed by atoms with Gasteiger partial charge in [-0.2, -0.15) is 14.8 Å². The van der Waals surface area contributed by atoms with Crippen molar-refractivity contribution in [2.75, 3.05) is 36.5 Å². The molecule has 6 aromatic rings. The molecule has 56 heavy (non-hydrogen) atoms. The van der Waals surface area contributed by atoms with Crippen LogP contribution in [0, 0.1) is 0 Å². The van der Waals surface area contributed by atoms with Crippen LogP contribution in [-0.2, 0) is 17.8 Å². The molecular weight excluding hydrogens is 720 g/mol. The molecule has 2 aliphatic rings. The van der Waals surface area contributed by atoms with Crippen LogP contribution in [0.2, 0.25) is 0 Å². The molecule has 0 bridgehead atoms. The summed E-state index contributed by atoms with van der Waals surface area (Å²) in [7, 11) is 0. The predicted octanol–water partition coefficient (Wildman–Crippen LogP) is 1.82. The van der Waals surface area contributed by atoms with E-state index in [0.717, 1.165) is 16.7 Å². The monoisotopic (exact) mass is 762 g/mol. The molecule has 5 heterocycles. The Morgan fingerprint density at radius 1 is 0.964 bits per heavy atom. The van der Waals surface area contributed by atoms with E-state index in [4.69, 9.17) is 14.7 Å². The van der Waals surface area contributed by atoms with E-state index >= 15 is 0 Å². The average molecular weight is 763 g/mol. The number of nitrogens with zero attached hydrogens (tertiary/aromatic N) is 9. The van der Waals surface area contributed by atoms with Gasteiger partial charge in [0.25, 0.3) is 0 Å². The number of benzene rings is 3. The van der Waals surface area contributed by atoms with E-state index < -0.39 is 24.5 Å². The lowest BCUT2D eigenvalue weighted by Crippen LogP contribution is -2.43. The van der Waals surface area contributed by atoms with Crippen molar-refractivity contribution in [3.8, 4) is 5.75 Å². The lowest BCUT2D eigenvalue weighted by Gasteiger charge is -2.22. The number of rotatable bonds is 13. The molecular formula is C38H42N12O6. The van der Waals surface area contributed by atoms with E-state index in [0.29, 0.717) is 49.0 Å². The van der Waals surface area contributed by atoms with Gasteiger partial charge in [-0.3, -0.25) is 4.57 Å². The third-order valence-electron chi connectivity index (χ3n) is 9.99. The lowest BCUT2D eigenvalue weighted by molar-refractivity contribution is -0.0384. The van der Waals surface area contributed by atoms with Crippen molar-refractivity contribution in [1.29, 1.82) is 0 Å². The number of phenolic OH excluding ortho intramolecular Hbond substituents is 1. The molecule has 0 unspecified atom stereocenters. The number of carbonyl (C=O) groups excluding carboxylic acids is 1. The summed E-state index contributed by atoms with van der Waals surface area (Å²) in [6.45, 7) is 1.60. The summed E-state index contributed by atoms with van der Waals surface area (Å²) in [5, 5.41) is 62.9. The lowest BCUT2D eigenvalue weighted by atomic mass is 9.91. The normalized spacial score (nSPS) is 20.9. The van der Waals surface area contributed by atoms with Crippen molar-refractivity contribution in [1.82, 2.24) is 50.4 Å². The Bertz CT molecular complexity index is 2220. The molecule has 0 radical (unpaired) electrons. The fraction of sp³-hybridized carbons (Fsp3) is 0.342. The van der Waals surface area contributed by atoms with Crippen LogP contribution in [-0.4, -0.2) is 111 Å². The Morgan fingerprint density at radius 2 is 1.73 bits per heavy atom. The van der Waals surface area contributed by atoms with Crippen LogP contribution in [0.15, 0.2) is 91.3 Å². The largest absolute Gasteiger partial charge is 0.508 e. The Kier molecular flexibility index (Phi) is 10.7. The SMILES string of the molecule is O=C(NCc1cccc(O)c1)N[C@@H]1CCN(c2nc(NCC(c3ccccc3)c3ccccc3)c3ncn([C@@H]4O[C@H](c5nnn(CCO)n5)[C@@H](O)[C@@H]4O)c3n2)C1. The standard InChI is InChI=1S/C38H42N12O6/c51-17-16-50-46-34(45-47-50)32-30(53)31(54)36(56-32)49-22-41-29-33(39-20-28(24-9-3-1-4-10-24)25-11-5-2-6-12-25)43-37(44-35(29)49)48-15-14-26(21-48)42-38(55)40-19-23-8-7-13-27(52)18-23/h1-13,18,22,26,28,30-32,36,51-54H,14-17,19-21H2,(H,39,43,44)(H2,40,42,55)/t26-,30+,31+,32+,36-/m1/s1. The molecule has 18 heteroatoms. The van der Waals surface area contributed by atoms with Crippen molar-refractivity contribution in [2.24, 2.45) is 0 Å². The number of nitrogens with one attached hydrogen (secondary N) is 3. The van der Waals surface area contributed by atoms with Crippen molar-refractivity contribution in [2.45, 2.75) is 56.0 Å². The van der Waals surface area contributed by atoms with Gasteiger partial charge in [0.05, 0.1) is 19.5 Å². The van der Waals surface area contributed by atoms with Crippen molar-refractivity contribution < 1.29 is 30.0 Å². The molecule has 0 spiro atoms. The number of tetrazole rings is 1. The number of ether oxygens (including phenoxy) is 1. The highest BCUT2D eigenvalue weighted by atomic mass is 16.6. The van der Waals surface area contributed by atoms with Crippen LogP contribution in [0.3, 0.4) is 0 Å². The highest BCUT2D eigenvalue weighted by Gasteiger charge is 2.47. The highest BCUT2D eigenvalue weighted by molar-refractivity contribution is 5.84. The summed E-state index contributed by atoms with van der Waals surface area (Å²) in [5.74, 6) is 0.988. The zero-order chi connectivity index (χ0) is 38.6. The number of urea groups is 1. The van der Waals surface area contributed by atoms with E-state index in [1.807, 2.05) is 47.4 Å². The van der Waals surface area contributed by atoms with Crippen LogP contribution in [0.4, 0.5) is 16.6 Å². The smallest absolute Gasteiger partial charge is 0.315 e. The van der Waals surface area contributed by atoms with Crippen LogP contribution in [0.5, 0.6) is 5.75 Å². The van der Waals surface area contributed by atoms with Gasteiger partial charge >= 0.3 is 6.03 Å².